The summed E-state index contributed by atoms with van der Waals surface area (Å²) in [6.07, 6.45) is 0.941. The van der Waals surface area contributed by atoms with Gasteiger partial charge >= 0.3 is 0 Å². The van der Waals surface area contributed by atoms with Crippen molar-refractivity contribution >= 4 is 21.6 Å². The zero-order valence-corrected chi connectivity index (χ0v) is 15.6. The van der Waals surface area contributed by atoms with E-state index in [1.54, 1.807) is 12.1 Å². The van der Waals surface area contributed by atoms with Gasteiger partial charge in [0, 0.05) is 18.8 Å². The van der Waals surface area contributed by atoms with Crippen LogP contribution in [0.1, 0.15) is 17.5 Å². The third kappa shape index (κ3) is 4.69. The predicted molar refractivity (Wildman–Crippen MR) is 101 cm³/mol. The molecule has 6 nitrogen and oxygen atoms in total. The maximum atomic E-state index is 12.4. The van der Waals surface area contributed by atoms with Crippen molar-refractivity contribution in [2.45, 2.75) is 24.3 Å². The Bertz CT molecular complexity index is 882. The lowest BCUT2D eigenvalue weighted by molar-refractivity contribution is -0.115. The normalized spacial score (nSPS) is 13.7. The maximum absolute atomic E-state index is 12.4. The first kappa shape index (κ1) is 18.6. The van der Waals surface area contributed by atoms with Crippen LogP contribution in [0.25, 0.3) is 0 Å². The van der Waals surface area contributed by atoms with Gasteiger partial charge in [0.05, 0.1) is 11.3 Å². The van der Waals surface area contributed by atoms with Gasteiger partial charge in [-0.1, -0.05) is 30.3 Å². The highest BCUT2D eigenvalue weighted by Crippen LogP contribution is 2.25. The number of hydrogen-bond acceptors (Lipinski definition) is 4. The van der Waals surface area contributed by atoms with E-state index in [4.69, 9.17) is 0 Å². The van der Waals surface area contributed by atoms with E-state index >= 15 is 0 Å². The molecule has 0 aliphatic carbocycles. The van der Waals surface area contributed by atoms with E-state index in [0.717, 1.165) is 18.7 Å². The molecule has 3 rings (SSSR count). The molecule has 1 amide bonds. The predicted octanol–water partition coefficient (Wildman–Crippen LogP) is 1.98. The Hall–Kier alpha value is -2.22. The second-order valence-corrected chi connectivity index (χ2v) is 8.29. The Labute approximate surface area is 154 Å². The van der Waals surface area contributed by atoms with Crippen molar-refractivity contribution in [2.75, 3.05) is 25.5 Å². The third-order valence-corrected chi connectivity index (χ3v) is 5.77. The minimum Gasteiger partial charge on any atom is -0.326 e. The number of anilines is 1. The summed E-state index contributed by atoms with van der Waals surface area (Å²) in [6, 6.07) is 14.9. The zero-order valence-electron chi connectivity index (χ0n) is 14.7. The fraction of sp³-hybridized carbons (Fsp3) is 0.316. The van der Waals surface area contributed by atoms with Gasteiger partial charge in [-0.2, -0.15) is 0 Å². The summed E-state index contributed by atoms with van der Waals surface area (Å²) in [7, 11) is -1.54. The largest absolute Gasteiger partial charge is 0.326 e. The number of hydrogen-bond donors (Lipinski definition) is 2. The molecule has 2 aromatic rings. The number of benzene rings is 2. The molecule has 138 valence electrons. The first-order valence-electron chi connectivity index (χ1n) is 8.59. The Morgan fingerprint density at radius 3 is 2.69 bits per heavy atom. The Balaban J connectivity index is 1.48. The minimum atomic E-state index is -3.56. The fourth-order valence-corrected chi connectivity index (χ4v) is 4.11. The molecule has 0 spiro atoms. The van der Waals surface area contributed by atoms with E-state index in [9.17, 15) is 13.2 Å². The number of carbonyl (C=O) groups excluding carboxylic acids is 1. The van der Waals surface area contributed by atoms with Gasteiger partial charge in [-0.05, 0) is 49.3 Å². The van der Waals surface area contributed by atoms with Crippen molar-refractivity contribution in [3.05, 3.63) is 59.7 Å². The highest BCUT2D eigenvalue weighted by molar-refractivity contribution is 7.89. The number of amides is 1. The van der Waals surface area contributed by atoms with Crippen molar-refractivity contribution < 1.29 is 13.2 Å². The van der Waals surface area contributed by atoms with Crippen LogP contribution in [-0.4, -0.2) is 39.4 Å². The van der Waals surface area contributed by atoms with Gasteiger partial charge in [0.15, 0.2) is 0 Å². The summed E-state index contributed by atoms with van der Waals surface area (Å²) >= 11 is 0. The number of fused-ring (bicyclic) bond motifs is 1. The highest BCUT2D eigenvalue weighted by Gasteiger charge is 2.21. The first-order chi connectivity index (χ1) is 12.4. The molecule has 2 N–H and O–H groups in total. The molecule has 2 aromatic carbocycles. The van der Waals surface area contributed by atoms with Gasteiger partial charge in [0.25, 0.3) is 0 Å². The monoisotopic (exact) mass is 373 g/mol. The molecule has 1 aliphatic heterocycles. The standard InChI is InChI=1S/C19H23N3O3S/c1-22(14-15-6-3-2-4-7-15)11-5-10-20-26(24,25)17-8-9-18-16(12-17)13-19(23)21-18/h2-4,6-9,12,20H,5,10-11,13-14H2,1H3,(H,21,23). The molecule has 26 heavy (non-hydrogen) atoms. The van der Waals surface area contributed by atoms with E-state index in [1.807, 2.05) is 25.2 Å². The van der Waals surface area contributed by atoms with Crippen molar-refractivity contribution in [3.63, 3.8) is 0 Å². The molecule has 7 heteroatoms. The molecule has 0 bridgehead atoms. The minimum absolute atomic E-state index is 0.107. The summed E-state index contributed by atoms with van der Waals surface area (Å²) in [5.74, 6) is -0.107. The van der Waals surface area contributed by atoms with Crippen molar-refractivity contribution in [2.24, 2.45) is 0 Å². The number of carbonyl (C=O) groups is 1. The lowest BCUT2D eigenvalue weighted by Crippen LogP contribution is -2.28. The Morgan fingerprint density at radius 1 is 1.15 bits per heavy atom. The van der Waals surface area contributed by atoms with Crippen LogP contribution in [0.5, 0.6) is 0 Å². The van der Waals surface area contributed by atoms with E-state index in [2.05, 4.69) is 27.1 Å². The van der Waals surface area contributed by atoms with Crippen LogP contribution >= 0.6 is 0 Å². The molecule has 0 aromatic heterocycles. The molecule has 1 aliphatic rings. The van der Waals surface area contributed by atoms with Gasteiger partial charge in [-0.15, -0.1) is 0 Å². The molecule has 1 heterocycles. The number of nitrogens with one attached hydrogen (secondary N) is 2. The van der Waals surface area contributed by atoms with Gasteiger partial charge < -0.3 is 10.2 Å². The molecule has 0 saturated heterocycles. The molecule has 0 fully saturated rings. The molecule has 0 unspecified atom stereocenters. The van der Waals surface area contributed by atoms with E-state index in [0.29, 0.717) is 18.7 Å². The molecule has 0 radical (unpaired) electrons. The van der Waals surface area contributed by atoms with Crippen LogP contribution in [0.4, 0.5) is 5.69 Å². The second kappa shape index (κ2) is 7.99. The maximum Gasteiger partial charge on any atom is 0.240 e. The summed E-state index contributed by atoms with van der Waals surface area (Å²) in [5, 5.41) is 2.70. The van der Waals surface area contributed by atoms with Crippen LogP contribution in [0.3, 0.4) is 0 Å². The van der Waals surface area contributed by atoms with Gasteiger partial charge in [0.2, 0.25) is 15.9 Å². The van der Waals surface area contributed by atoms with Gasteiger partial charge in [-0.3, -0.25) is 4.79 Å². The first-order valence-corrected chi connectivity index (χ1v) is 10.1. The Morgan fingerprint density at radius 2 is 1.92 bits per heavy atom. The average molecular weight is 373 g/mol. The summed E-state index contributed by atoms with van der Waals surface area (Å²) in [6.45, 7) is 2.00. The summed E-state index contributed by atoms with van der Waals surface area (Å²) < 4.78 is 27.5. The zero-order chi connectivity index (χ0) is 18.6. The summed E-state index contributed by atoms with van der Waals surface area (Å²) in [4.78, 5) is 13.7. The van der Waals surface area contributed by atoms with Crippen LogP contribution < -0.4 is 10.0 Å². The number of nitrogens with zero attached hydrogens (tertiary/aromatic N) is 1. The molecular weight excluding hydrogens is 350 g/mol. The van der Waals surface area contributed by atoms with Crippen molar-refractivity contribution in [1.82, 2.24) is 9.62 Å². The van der Waals surface area contributed by atoms with Gasteiger partial charge in [0.1, 0.15) is 0 Å². The highest BCUT2D eigenvalue weighted by atomic mass is 32.2. The molecule has 0 atom stereocenters. The number of sulfonamides is 1. The fourth-order valence-electron chi connectivity index (χ4n) is 2.99. The quantitative estimate of drug-likeness (QED) is 0.694. The Kier molecular flexibility index (Phi) is 5.70. The van der Waals surface area contributed by atoms with Crippen LogP contribution in [0, 0.1) is 0 Å². The molecule has 0 saturated carbocycles. The third-order valence-electron chi connectivity index (χ3n) is 4.32. The average Bonchev–Trinajstić information content (AvgIpc) is 2.99. The van der Waals surface area contributed by atoms with Crippen molar-refractivity contribution in [3.8, 4) is 0 Å². The van der Waals surface area contributed by atoms with Gasteiger partial charge in [-0.25, -0.2) is 13.1 Å². The lowest BCUT2D eigenvalue weighted by atomic mass is 10.2. The molecular formula is C19H23N3O3S. The van der Waals surface area contributed by atoms with E-state index in [-0.39, 0.29) is 17.2 Å². The van der Waals surface area contributed by atoms with Crippen LogP contribution in [0.15, 0.2) is 53.4 Å². The van der Waals surface area contributed by atoms with E-state index in [1.165, 1.54) is 11.6 Å². The van der Waals surface area contributed by atoms with Crippen molar-refractivity contribution in [1.29, 1.82) is 0 Å². The number of rotatable bonds is 8. The summed E-state index contributed by atoms with van der Waals surface area (Å²) in [5.41, 5.74) is 2.65. The second-order valence-electron chi connectivity index (χ2n) is 6.52. The topological polar surface area (TPSA) is 78.5 Å². The SMILES string of the molecule is CN(CCCNS(=O)(=O)c1ccc2c(c1)CC(=O)N2)Cc1ccccc1. The van der Waals surface area contributed by atoms with Crippen LogP contribution in [0.2, 0.25) is 0 Å². The van der Waals surface area contributed by atoms with Crippen LogP contribution in [-0.2, 0) is 27.8 Å². The smallest absolute Gasteiger partial charge is 0.240 e. The lowest BCUT2D eigenvalue weighted by Gasteiger charge is -2.16. The van der Waals surface area contributed by atoms with E-state index < -0.39 is 10.0 Å².